The first kappa shape index (κ1) is 17.3. The van der Waals surface area contributed by atoms with Crippen LogP contribution < -0.4 is 4.18 Å². The van der Waals surface area contributed by atoms with Crippen molar-refractivity contribution >= 4 is 22.1 Å². The van der Waals surface area contributed by atoms with E-state index in [1.165, 1.54) is 13.3 Å². The largest absolute Gasteiger partial charge is 0.366 e. The molecular formula is C12H17F2N3O3S. The van der Waals surface area contributed by atoms with E-state index in [1.807, 2.05) is 6.92 Å². The van der Waals surface area contributed by atoms with Gasteiger partial charge in [-0.05, 0) is 19.9 Å². The number of hydrogen-bond donors (Lipinski definition) is 0. The molecule has 1 heterocycles. The van der Waals surface area contributed by atoms with Crippen LogP contribution in [0.25, 0.3) is 0 Å². The Kier molecular flexibility index (Phi) is 5.59. The van der Waals surface area contributed by atoms with Gasteiger partial charge >= 0.3 is 10.1 Å². The topological polar surface area (TPSA) is 71.9 Å². The van der Waals surface area contributed by atoms with Crippen molar-refractivity contribution in [1.82, 2.24) is 9.88 Å². The average Bonchev–Trinajstić information content (AvgIpc) is 2.34. The molecule has 0 aliphatic heterocycles. The Morgan fingerprint density at radius 2 is 2.14 bits per heavy atom. The number of nitrogens with zero attached hydrogens (tertiary/aromatic N) is 3. The summed E-state index contributed by atoms with van der Waals surface area (Å²) in [4.78, 5) is 9.58. The molecule has 0 aromatic carbocycles. The first-order valence-corrected chi connectivity index (χ1v) is 7.89. The zero-order chi connectivity index (χ0) is 16.2. The fourth-order valence-corrected chi connectivity index (χ4v) is 1.75. The maximum atomic E-state index is 13.0. The Bertz CT molecular complexity index is 633. The van der Waals surface area contributed by atoms with E-state index in [-0.39, 0.29) is 5.69 Å². The molecule has 0 amide bonds. The van der Waals surface area contributed by atoms with Crippen LogP contribution in [-0.4, -0.2) is 44.5 Å². The van der Waals surface area contributed by atoms with Crippen LogP contribution in [0.5, 0.6) is 5.88 Å². The van der Waals surface area contributed by atoms with Gasteiger partial charge in [-0.1, -0.05) is 0 Å². The number of aromatic nitrogens is 1. The molecule has 21 heavy (non-hydrogen) atoms. The van der Waals surface area contributed by atoms with E-state index in [2.05, 4.69) is 14.2 Å². The number of aliphatic imine (C=N–C) groups is 1. The zero-order valence-electron chi connectivity index (χ0n) is 12.2. The predicted molar refractivity (Wildman–Crippen MR) is 75.9 cm³/mol. The van der Waals surface area contributed by atoms with E-state index < -0.39 is 28.0 Å². The Balaban J connectivity index is 3.27. The van der Waals surface area contributed by atoms with Gasteiger partial charge in [0.2, 0.25) is 5.88 Å². The second-order valence-electron chi connectivity index (χ2n) is 4.39. The maximum Gasteiger partial charge on any atom is 0.307 e. The van der Waals surface area contributed by atoms with Gasteiger partial charge in [0.1, 0.15) is 0 Å². The fraction of sp³-hybridized carbons (Fsp3) is 0.500. The van der Waals surface area contributed by atoms with Gasteiger partial charge < -0.3 is 9.08 Å². The van der Waals surface area contributed by atoms with E-state index >= 15 is 0 Å². The van der Waals surface area contributed by atoms with Crippen molar-refractivity contribution in [1.29, 1.82) is 0 Å². The standard InChI is InChI=1S/C12H17F2N3O3S/c1-5-17(3)7-15-10-6-9(11(13)14)12(16-8(10)2)20-21(4,18)19/h6-7,11H,5H2,1-4H3. The van der Waals surface area contributed by atoms with Crippen molar-refractivity contribution in [2.45, 2.75) is 20.3 Å². The minimum absolute atomic E-state index is 0.228. The van der Waals surface area contributed by atoms with Gasteiger partial charge in [-0.25, -0.2) is 18.8 Å². The van der Waals surface area contributed by atoms with Crippen molar-refractivity contribution in [3.05, 3.63) is 17.3 Å². The molecule has 0 saturated heterocycles. The third-order valence-corrected chi connectivity index (χ3v) is 3.00. The van der Waals surface area contributed by atoms with Crippen molar-refractivity contribution in [3.8, 4) is 5.88 Å². The molecule has 0 aliphatic carbocycles. The first-order valence-electron chi connectivity index (χ1n) is 6.07. The van der Waals surface area contributed by atoms with E-state index in [0.717, 1.165) is 12.3 Å². The van der Waals surface area contributed by atoms with Crippen LogP contribution in [0.15, 0.2) is 11.1 Å². The Hall–Kier alpha value is -1.77. The van der Waals surface area contributed by atoms with Crippen molar-refractivity contribution < 1.29 is 21.4 Å². The van der Waals surface area contributed by atoms with Crippen LogP contribution in [0.3, 0.4) is 0 Å². The molecule has 118 valence electrons. The lowest BCUT2D eigenvalue weighted by Gasteiger charge is -2.12. The minimum atomic E-state index is -3.93. The highest BCUT2D eigenvalue weighted by molar-refractivity contribution is 7.86. The first-order chi connectivity index (χ1) is 9.64. The van der Waals surface area contributed by atoms with Crippen LogP contribution in [-0.2, 0) is 10.1 Å². The Morgan fingerprint density at radius 1 is 1.52 bits per heavy atom. The summed E-state index contributed by atoms with van der Waals surface area (Å²) in [6, 6.07) is 1.08. The lowest BCUT2D eigenvalue weighted by atomic mass is 10.2. The van der Waals surface area contributed by atoms with Gasteiger partial charge in [-0.3, -0.25) is 0 Å². The molecule has 0 aliphatic rings. The lowest BCUT2D eigenvalue weighted by Crippen LogP contribution is -2.14. The zero-order valence-corrected chi connectivity index (χ0v) is 13.0. The van der Waals surface area contributed by atoms with Gasteiger partial charge in [0.15, 0.2) is 0 Å². The monoisotopic (exact) mass is 321 g/mol. The summed E-state index contributed by atoms with van der Waals surface area (Å²) < 4.78 is 52.7. The summed E-state index contributed by atoms with van der Waals surface area (Å²) in [6.45, 7) is 4.14. The molecule has 0 radical (unpaired) electrons. The fourth-order valence-electron chi connectivity index (χ4n) is 1.33. The average molecular weight is 321 g/mol. The van der Waals surface area contributed by atoms with Crippen molar-refractivity contribution in [2.75, 3.05) is 19.8 Å². The number of rotatable bonds is 6. The molecule has 1 aromatic rings. The normalized spacial score (nSPS) is 12.1. The van der Waals surface area contributed by atoms with Crippen LogP contribution in [0.4, 0.5) is 14.5 Å². The molecule has 0 spiro atoms. The Labute approximate surface area is 122 Å². The SMILES string of the molecule is CCN(C)C=Nc1cc(C(F)F)c(OS(C)(=O)=O)nc1C. The molecule has 6 nitrogen and oxygen atoms in total. The number of alkyl halides is 2. The third-order valence-electron chi connectivity index (χ3n) is 2.54. The smallest absolute Gasteiger partial charge is 0.307 e. The van der Waals surface area contributed by atoms with E-state index in [4.69, 9.17) is 0 Å². The predicted octanol–water partition coefficient (Wildman–Crippen LogP) is 2.28. The number of halogens is 2. The molecule has 0 saturated carbocycles. The molecular weight excluding hydrogens is 304 g/mol. The molecule has 0 fully saturated rings. The highest BCUT2D eigenvalue weighted by Gasteiger charge is 2.21. The van der Waals surface area contributed by atoms with Gasteiger partial charge in [0, 0.05) is 13.6 Å². The van der Waals surface area contributed by atoms with Crippen LogP contribution >= 0.6 is 0 Å². The third kappa shape index (κ3) is 5.25. The van der Waals surface area contributed by atoms with Gasteiger partial charge in [-0.15, -0.1) is 0 Å². The molecule has 0 N–H and O–H groups in total. The number of hydrogen-bond acceptors (Lipinski definition) is 5. The molecule has 1 aromatic heterocycles. The van der Waals surface area contributed by atoms with Gasteiger partial charge in [-0.2, -0.15) is 8.42 Å². The van der Waals surface area contributed by atoms with Crippen molar-refractivity contribution in [2.24, 2.45) is 4.99 Å². The summed E-state index contributed by atoms with van der Waals surface area (Å²) in [6.07, 6.45) is -0.676. The molecule has 1 rings (SSSR count). The summed E-state index contributed by atoms with van der Waals surface area (Å²) in [7, 11) is -2.16. The van der Waals surface area contributed by atoms with E-state index in [1.54, 1.807) is 11.9 Å². The summed E-state index contributed by atoms with van der Waals surface area (Å²) in [5.41, 5.74) is -0.0948. The highest BCUT2D eigenvalue weighted by atomic mass is 32.2. The molecule has 0 unspecified atom stereocenters. The van der Waals surface area contributed by atoms with Crippen LogP contribution in [0.1, 0.15) is 24.6 Å². The van der Waals surface area contributed by atoms with Crippen LogP contribution in [0.2, 0.25) is 0 Å². The maximum absolute atomic E-state index is 13.0. The summed E-state index contributed by atoms with van der Waals surface area (Å²) >= 11 is 0. The number of aryl methyl sites for hydroxylation is 1. The number of pyridine rings is 1. The second-order valence-corrected chi connectivity index (χ2v) is 5.97. The summed E-state index contributed by atoms with van der Waals surface area (Å²) in [5.74, 6) is -0.618. The molecule has 9 heteroatoms. The van der Waals surface area contributed by atoms with Crippen LogP contribution in [0, 0.1) is 6.92 Å². The minimum Gasteiger partial charge on any atom is -0.366 e. The lowest BCUT2D eigenvalue weighted by molar-refractivity contribution is 0.148. The second kappa shape index (κ2) is 6.79. The van der Waals surface area contributed by atoms with Gasteiger partial charge in [0.25, 0.3) is 6.43 Å². The molecule has 0 atom stereocenters. The van der Waals surface area contributed by atoms with Crippen molar-refractivity contribution in [3.63, 3.8) is 0 Å². The Morgan fingerprint density at radius 3 is 2.62 bits per heavy atom. The summed E-state index contributed by atoms with van der Waals surface area (Å²) in [5, 5.41) is 0. The van der Waals surface area contributed by atoms with Gasteiger partial charge in [0.05, 0.1) is 29.5 Å². The van der Waals surface area contributed by atoms with E-state index in [9.17, 15) is 17.2 Å². The molecule has 0 bridgehead atoms. The quantitative estimate of drug-likeness (QED) is 0.457. The highest BCUT2D eigenvalue weighted by Crippen LogP contribution is 2.33. The van der Waals surface area contributed by atoms with E-state index in [0.29, 0.717) is 12.2 Å².